The van der Waals surface area contributed by atoms with Crippen molar-refractivity contribution >= 4 is 13.5 Å². The van der Waals surface area contributed by atoms with E-state index in [1.807, 2.05) is 6.92 Å². The van der Waals surface area contributed by atoms with E-state index in [2.05, 4.69) is 0 Å². The lowest BCUT2D eigenvalue weighted by Gasteiger charge is -2.25. The van der Waals surface area contributed by atoms with E-state index < -0.39 is 13.3 Å². The molecule has 1 aliphatic rings. The summed E-state index contributed by atoms with van der Waals surface area (Å²) in [6, 6.07) is 0. The summed E-state index contributed by atoms with van der Waals surface area (Å²) >= 11 is 0. The van der Waals surface area contributed by atoms with Crippen LogP contribution in [0.15, 0.2) is 0 Å². The molecule has 0 bridgehead atoms. The van der Waals surface area contributed by atoms with E-state index in [0.29, 0.717) is 19.7 Å². The molecule has 0 saturated carbocycles. The molecule has 0 unspecified atom stereocenters. The largest absolute Gasteiger partial charge is 0.383 e. The quantitative estimate of drug-likeness (QED) is 0.611. The maximum absolute atomic E-state index is 12.9. The van der Waals surface area contributed by atoms with Crippen LogP contribution in [0, 0.1) is 5.92 Å². The number of amides is 1. The van der Waals surface area contributed by atoms with Gasteiger partial charge in [-0.3, -0.25) is 9.36 Å². The summed E-state index contributed by atoms with van der Waals surface area (Å²) in [7, 11) is -1.80. The van der Waals surface area contributed by atoms with Gasteiger partial charge in [0, 0.05) is 20.2 Å². The van der Waals surface area contributed by atoms with Crippen LogP contribution in [0.3, 0.4) is 0 Å². The highest BCUT2D eigenvalue weighted by molar-refractivity contribution is 7.55. The zero-order valence-corrected chi connectivity index (χ0v) is 13.7. The molecule has 0 radical (unpaired) electrons. The third-order valence-electron chi connectivity index (χ3n) is 3.51. The van der Waals surface area contributed by atoms with E-state index in [1.165, 1.54) is 0 Å². The van der Waals surface area contributed by atoms with Crippen LogP contribution in [-0.2, 0) is 23.1 Å². The van der Waals surface area contributed by atoms with E-state index in [1.54, 1.807) is 25.9 Å². The smallest absolute Gasteiger partial charge is 0.343 e. The predicted octanol–water partition coefficient (Wildman–Crippen LogP) is 2.14. The summed E-state index contributed by atoms with van der Waals surface area (Å²) in [5.74, 6) is -0.137. The summed E-state index contributed by atoms with van der Waals surface area (Å²) in [5.41, 5.74) is -0.677. The molecular formula is C13H26NO5P. The number of methoxy groups -OCH3 is 1. The van der Waals surface area contributed by atoms with Crippen molar-refractivity contribution in [1.82, 2.24) is 4.90 Å². The number of rotatable bonds is 9. The second kappa shape index (κ2) is 8.13. The SMILES string of the molecule is CCOP(=O)(OCC)[C@H]1C(=O)N(CCOC)C[C@@H]1CC. The lowest BCUT2D eigenvalue weighted by atomic mass is 10.1. The topological polar surface area (TPSA) is 65.1 Å². The minimum Gasteiger partial charge on any atom is -0.383 e. The van der Waals surface area contributed by atoms with Gasteiger partial charge in [-0.25, -0.2) is 0 Å². The Kier molecular flexibility index (Phi) is 7.17. The third-order valence-corrected chi connectivity index (χ3v) is 6.07. The number of nitrogens with zero attached hydrogens (tertiary/aromatic N) is 1. The summed E-state index contributed by atoms with van der Waals surface area (Å²) in [5, 5.41) is 0. The molecule has 0 N–H and O–H groups in total. The average Bonchev–Trinajstić information content (AvgIpc) is 2.74. The lowest BCUT2D eigenvalue weighted by Crippen LogP contribution is -2.33. The molecule has 6 nitrogen and oxygen atoms in total. The van der Waals surface area contributed by atoms with Crippen LogP contribution in [0.4, 0.5) is 0 Å². The molecule has 20 heavy (non-hydrogen) atoms. The van der Waals surface area contributed by atoms with Crippen molar-refractivity contribution in [2.24, 2.45) is 5.92 Å². The third kappa shape index (κ3) is 3.82. The fraction of sp³-hybridized carbons (Fsp3) is 0.923. The first-order chi connectivity index (χ1) is 9.53. The van der Waals surface area contributed by atoms with Gasteiger partial charge in [-0.2, -0.15) is 0 Å². The maximum Gasteiger partial charge on any atom is 0.343 e. The number of carbonyl (C=O) groups is 1. The van der Waals surface area contributed by atoms with Gasteiger partial charge in [-0.1, -0.05) is 13.3 Å². The summed E-state index contributed by atoms with van der Waals surface area (Å²) in [6.45, 7) is 7.64. The minimum absolute atomic E-state index is 0.00305. The molecule has 118 valence electrons. The average molecular weight is 307 g/mol. The van der Waals surface area contributed by atoms with Crippen LogP contribution in [0.1, 0.15) is 27.2 Å². The van der Waals surface area contributed by atoms with Crippen LogP contribution in [0.2, 0.25) is 0 Å². The standard InChI is InChI=1S/C13H26NO5P/c1-5-11-10-14(8-9-17-4)13(15)12(11)20(16,18-6-2)19-7-3/h11-12H,5-10H2,1-4H3/t11-,12+/m0/s1. The molecule has 1 fully saturated rings. The molecule has 2 atom stereocenters. The zero-order chi connectivity index (χ0) is 15.2. The Morgan fingerprint density at radius 3 is 2.30 bits per heavy atom. The zero-order valence-electron chi connectivity index (χ0n) is 12.8. The summed E-state index contributed by atoms with van der Waals surface area (Å²) in [6.07, 6.45) is 0.768. The van der Waals surface area contributed by atoms with E-state index in [0.717, 1.165) is 6.42 Å². The number of carbonyl (C=O) groups excluding carboxylic acids is 1. The Labute approximate surface area is 121 Å². The molecule has 0 aromatic rings. The molecule has 0 aromatic heterocycles. The van der Waals surface area contributed by atoms with Crippen LogP contribution >= 0.6 is 7.60 Å². The summed E-state index contributed by atoms with van der Waals surface area (Å²) < 4.78 is 28.6. The highest BCUT2D eigenvalue weighted by Gasteiger charge is 2.52. The van der Waals surface area contributed by atoms with Gasteiger partial charge in [-0.05, 0) is 19.8 Å². The van der Waals surface area contributed by atoms with Crippen molar-refractivity contribution in [3.8, 4) is 0 Å². The molecular weight excluding hydrogens is 281 g/mol. The Balaban J connectivity index is 2.93. The lowest BCUT2D eigenvalue weighted by molar-refractivity contribution is -0.128. The molecule has 1 saturated heterocycles. The molecule has 0 aliphatic carbocycles. The molecule has 7 heteroatoms. The Hall–Kier alpha value is -0.420. The fourth-order valence-corrected chi connectivity index (χ4v) is 4.94. The van der Waals surface area contributed by atoms with Crippen molar-refractivity contribution in [3.63, 3.8) is 0 Å². The van der Waals surface area contributed by atoms with Gasteiger partial charge >= 0.3 is 7.60 Å². The number of ether oxygens (including phenoxy) is 1. The van der Waals surface area contributed by atoms with Gasteiger partial charge < -0.3 is 18.7 Å². The van der Waals surface area contributed by atoms with Crippen molar-refractivity contribution in [2.45, 2.75) is 32.9 Å². The van der Waals surface area contributed by atoms with Crippen molar-refractivity contribution in [1.29, 1.82) is 0 Å². The van der Waals surface area contributed by atoms with Crippen LogP contribution in [0.5, 0.6) is 0 Å². The van der Waals surface area contributed by atoms with Crippen molar-refractivity contribution in [3.05, 3.63) is 0 Å². The van der Waals surface area contributed by atoms with E-state index in [-0.39, 0.29) is 25.0 Å². The van der Waals surface area contributed by atoms with Gasteiger partial charge in [0.05, 0.1) is 19.8 Å². The molecule has 0 spiro atoms. The maximum atomic E-state index is 12.9. The highest BCUT2D eigenvalue weighted by Crippen LogP contribution is 2.58. The molecule has 1 heterocycles. The first-order valence-electron chi connectivity index (χ1n) is 7.20. The Bertz CT molecular complexity index is 353. The fourth-order valence-electron chi connectivity index (χ4n) is 2.57. The normalized spacial score (nSPS) is 23.6. The van der Waals surface area contributed by atoms with Gasteiger partial charge in [0.25, 0.3) is 0 Å². The molecule has 0 aromatic carbocycles. The summed E-state index contributed by atoms with van der Waals surface area (Å²) in [4.78, 5) is 14.2. The van der Waals surface area contributed by atoms with E-state index in [9.17, 15) is 9.36 Å². The second-order valence-corrected chi connectivity index (χ2v) is 6.92. The van der Waals surface area contributed by atoms with Gasteiger partial charge in [0.2, 0.25) is 5.91 Å². The number of likely N-dealkylation sites (tertiary alicyclic amines) is 1. The first kappa shape index (κ1) is 17.6. The molecule has 1 amide bonds. The minimum atomic E-state index is -3.40. The Morgan fingerprint density at radius 2 is 1.85 bits per heavy atom. The Morgan fingerprint density at radius 1 is 1.25 bits per heavy atom. The van der Waals surface area contributed by atoms with Crippen molar-refractivity contribution in [2.75, 3.05) is 40.0 Å². The van der Waals surface area contributed by atoms with Crippen LogP contribution < -0.4 is 0 Å². The first-order valence-corrected chi connectivity index (χ1v) is 8.81. The molecule has 1 rings (SSSR count). The van der Waals surface area contributed by atoms with E-state index >= 15 is 0 Å². The monoisotopic (exact) mass is 307 g/mol. The number of hydrogen-bond donors (Lipinski definition) is 0. The molecule has 1 aliphatic heterocycles. The second-order valence-electron chi connectivity index (χ2n) is 4.77. The predicted molar refractivity (Wildman–Crippen MR) is 76.9 cm³/mol. The van der Waals surface area contributed by atoms with Crippen LogP contribution in [-0.4, -0.2) is 56.5 Å². The van der Waals surface area contributed by atoms with Crippen LogP contribution in [0.25, 0.3) is 0 Å². The van der Waals surface area contributed by atoms with Gasteiger partial charge in [0.1, 0.15) is 5.66 Å². The van der Waals surface area contributed by atoms with Gasteiger partial charge in [-0.15, -0.1) is 0 Å². The van der Waals surface area contributed by atoms with Gasteiger partial charge in [0.15, 0.2) is 0 Å². The number of hydrogen-bond acceptors (Lipinski definition) is 5. The highest BCUT2D eigenvalue weighted by atomic mass is 31.2. The van der Waals surface area contributed by atoms with E-state index in [4.69, 9.17) is 13.8 Å². The van der Waals surface area contributed by atoms with Crippen molar-refractivity contribution < 1.29 is 23.1 Å².